The van der Waals surface area contributed by atoms with Crippen LogP contribution in [0.4, 0.5) is 0 Å². The molecular weight excluding hydrogens is 172 g/mol. The Morgan fingerprint density at radius 3 is 3.00 bits per heavy atom. The van der Waals surface area contributed by atoms with E-state index in [-0.39, 0.29) is 0 Å². The predicted molar refractivity (Wildman–Crippen MR) is 58.2 cm³/mol. The van der Waals surface area contributed by atoms with Crippen molar-refractivity contribution in [3.63, 3.8) is 0 Å². The molecule has 1 fully saturated rings. The van der Waals surface area contributed by atoms with E-state index in [4.69, 9.17) is 0 Å². The normalized spacial score (nSPS) is 31.1. The topological polar surface area (TPSA) is 24.9 Å². The van der Waals surface area contributed by atoms with Crippen molar-refractivity contribution in [1.29, 1.82) is 0 Å². The molecule has 2 rings (SSSR count). The Morgan fingerprint density at radius 2 is 2.43 bits per heavy atom. The summed E-state index contributed by atoms with van der Waals surface area (Å²) in [5.74, 6) is 1.52. The summed E-state index contributed by atoms with van der Waals surface area (Å²) in [4.78, 5) is 4.19. The first-order chi connectivity index (χ1) is 6.86. The van der Waals surface area contributed by atoms with Gasteiger partial charge in [-0.2, -0.15) is 0 Å². The highest BCUT2D eigenvalue weighted by atomic mass is 14.9. The van der Waals surface area contributed by atoms with Crippen molar-refractivity contribution in [3.05, 3.63) is 30.1 Å². The van der Waals surface area contributed by atoms with E-state index in [9.17, 15) is 0 Å². The van der Waals surface area contributed by atoms with E-state index in [1.54, 1.807) is 0 Å². The average Bonchev–Trinajstić information content (AvgIpc) is 2.19. The van der Waals surface area contributed by atoms with Gasteiger partial charge in [0.15, 0.2) is 0 Å². The van der Waals surface area contributed by atoms with Crippen LogP contribution < -0.4 is 5.32 Å². The van der Waals surface area contributed by atoms with Crippen LogP contribution in [0.5, 0.6) is 0 Å². The minimum Gasteiger partial charge on any atom is -0.317 e. The highest BCUT2D eigenvalue weighted by molar-refractivity contribution is 5.21. The Hall–Kier alpha value is -0.890. The maximum absolute atomic E-state index is 4.19. The molecule has 3 unspecified atom stereocenters. The van der Waals surface area contributed by atoms with Crippen LogP contribution in [0.15, 0.2) is 24.5 Å². The van der Waals surface area contributed by atoms with Crippen LogP contribution in [-0.2, 0) is 0 Å². The molecule has 0 aliphatic heterocycles. The maximum Gasteiger partial charge on any atom is 0.0302 e. The van der Waals surface area contributed by atoms with E-state index in [1.807, 2.05) is 18.5 Å². The standard InChI is InChI=1S/C12H18N2/c1-3-10-11(7-12(10)13-2)9-5-4-6-14-8-9/h4-6,8,10-13H,3,7H2,1-2H3. The molecule has 1 aromatic heterocycles. The summed E-state index contributed by atoms with van der Waals surface area (Å²) in [6.45, 7) is 2.28. The molecule has 1 aliphatic carbocycles. The van der Waals surface area contributed by atoms with E-state index in [0.717, 1.165) is 11.8 Å². The molecule has 0 bridgehead atoms. The molecule has 0 saturated heterocycles. The van der Waals surface area contributed by atoms with Gasteiger partial charge >= 0.3 is 0 Å². The van der Waals surface area contributed by atoms with Gasteiger partial charge in [-0.25, -0.2) is 0 Å². The summed E-state index contributed by atoms with van der Waals surface area (Å²) in [6.07, 6.45) is 6.38. The fraction of sp³-hybridized carbons (Fsp3) is 0.583. The minimum absolute atomic E-state index is 0.713. The lowest BCUT2D eigenvalue weighted by molar-refractivity contribution is 0.169. The van der Waals surface area contributed by atoms with Crippen molar-refractivity contribution in [2.75, 3.05) is 7.05 Å². The lowest BCUT2D eigenvalue weighted by atomic mass is 9.65. The molecule has 0 spiro atoms. The monoisotopic (exact) mass is 190 g/mol. The SMILES string of the molecule is CCC1C(NC)CC1c1cccnc1. The van der Waals surface area contributed by atoms with Gasteiger partial charge in [0.2, 0.25) is 0 Å². The van der Waals surface area contributed by atoms with Gasteiger partial charge in [-0.3, -0.25) is 4.98 Å². The Kier molecular flexibility index (Phi) is 2.82. The largest absolute Gasteiger partial charge is 0.317 e. The van der Waals surface area contributed by atoms with Crippen LogP contribution >= 0.6 is 0 Å². The number of pyridine rings is 1. The van der Waals surface area contributed by atoms with Crippen LogP contribution in [0, 0.1) is 5.92 Å². The zero-order valence-corrected chi connectivity index (χ0v) is 8.90. The molecule has 1 heterocycles. The summed E-state index contributed by atoms with van der Waals surface area (Å²) < 4.78 is 0. The van der Waals surface area contributed by atoms with Gasteiger partial charge in [0.1, 0.15) is 0 Å². The van der Waals surface area contributed by atoms with Crippen molar-refractivity contribution in [1.82, 2.24) is 10.3 Å². The zero-order valence-electron chi connectivity index (χ0n) is 8.90. The first kappa shape index (κ1) is 9.66. The summed E-state index contributed by atoms with van der Waals surface area (Å²) in [5, 5.41) is 3.38. The van der Waals surface area contributed by atoms with Crippen LogP contribution in [0.2, 0.25) is 0 Å². The number of nitrogens with one attached hydrogen (secondary N) is 1. The van der Waals surface area contributed by atoms with Crippen LogP contribution in [0.1, 0.15) is 31.2 Å². The number of nitrogens with zero attached hydrogens (tertiary/aromatic N) is 1. The van der Waals surface area contributed by atoms with Crippen LogP contribution in [-0.4, -0.2) is 18.1 Å². The summed E-state index contributed by atoms with van der Waals surface area (Å²) in [6, 6.07) is 4.95. The molecule has 14 heavy (non-hydrogen) atoms. The van der Waals surface area contributed by atoms with Crippen molar-refractivity contribution in [3.8, 4) is 0 Å². The van der Waals surface area contributed by atoms with Gasteiger partial charge in [0.25, 0.3) is 0 Å². The van der Waals surface area contributed by atoms with E-state index in [2.05, 4.69) is 30.3 Å². The maximum atomic E-state index is 4.19. The molecule has 1 aliphatic rings. The molecule has 2 nitrogen and oxygen atoms in total. The highest BCUT2D eigenvalue weighted by Gasteiger charge is 2.39. The molecule has 2 heteroatoms. The van der Waals surface area contributed by atoms with Gasteiger partial charge in [0.05, 0.1) is 0 Å². The number of hydrogen-bond acceptors (Lipinski definition) is 2. The molecule has 1 N–H and O–H groups in total. The molecule has 76 valence electrons. The van der Waals surface area contributed by atoms with E-state index < -0.39 is 0 Å². The average molecular weight is 190 g/mol. The van der Waals surface area contributed by atoms with E-state index >= 15 is 0 Å². The molecule has 0 amide bonds. The molecule has 1 saturated carbocycles. The number of hydrogen-bond donors (Lipinski definition) is 1. The van der Waals surface area contributed by atoms with Crippen molar-refractivity contribution < 1.29 is 0 Å². The van der Waals surface area contributed by atoms with Crippen molar-refractivity contribution >= 4 is 0 Å². The van der Waals surface area contributed by atoms with Gasteiger partial charge in [-0.15, -0.1) is 0 Å². The Labute approximate surface area is 85.7 Å². The van der Waals surface area contributed by atoms with Crippen molar-refractivity contribution in [2.24, 2.45) is 5.92 Å². The fourth-order valence-corrected chi connectivity index (χ4v) is 2.59. The first-order valence-corrected chi connectivity index (χ1v) is 5.44. The third kappa shape index (κ3) is 1.55. The first-order valence-electron chi connectivity index (χ1n) is 5.44. The lowest BCUT2D eigenvalue weighted by Crippen LogP contribution is -2.47. The van der Waals surface area contributed by atoms with E-state index in [0.29, 0.717) is 6.04 Å². The second-order valence-electron chi connectivity index (χ2n) is 4.10. The highest BCUT2D eigenvalue weighted by Crippen LogP contribution is 2.43. The predicted octanol–water partition coefficient (Wildman–Crippen LogP) is 2.18. The second-order valence-corrected chi connectivity index (χ2v) is 4.10. The van der Waals surface area contributed by atoms with Gasteiger partial charge < -0.3 is 5.32 Å². The van der Waals surface area contributed by atoms with Crippen LogP contribution in [0.3, 0.4) is 0 Å². The molecular formula is C12H18N2. The number of rotatable bonds is 3. The minimum atomic E-state index is 0.713. The summed E-state index contributed by atoms with van der Waals surface area (Å²) >= 11 is 0. The fourth-order valence-electron chi connectivity index (χ4n) is 2.59. The van der Waals surface area contributed by atoms with Gasteiger partial charge in [-0.05, 0) is 36.9 Å². The third-order valence-corrected chi connectivity index (χ3v) is 3.50. The molecule has 1 aromatic rings. The molecule has 3 atom stereocenters. The Morgan fingerprint density at radius 1 is 1.57 bits per heavy atom. The van der Waals surface area contributed by atoms with E-state index in [1.165, 1.54) is 18.4 Å². The smallest absolute Gasteiger partial charge is 0.0302 e. The third-order valence-electron chi connectivity index (χ3n) is 3.50. The summed E-state index contributed by atoms with van der Waals surface area (Å²) in [7, 11) is 2.06. The molecule has 0 aromatic carbocycles. The molecule has 0 radical (unpaired) electrons. The number of aromatic nitrogens is 1. The quantitative estimate of drug-likeness (QED) is 0.790. The summed E-state index contributed by atoms with van der Waals surface area (Å²) in [5.41, 5.74) is 1.41. The van der Waals surface area contributed by atoms with Crippen molar-refractivity contribution in [2.45, 2.75) is 31.7 Å². The van der Waals surface area contributed by atoms with Gasteiger partial charge in [-0.1, -0.05) is 19.4 Å². The van der Waals surface area contributed by atoms with Crippen LogP contribution in [0.25, 0.3) is 0 Å². The zero-order chi connectivity index (χ0) is 9.97. The second kappa shape index (κ2) is 4.09. The lowest BCUT2D eigenvalue weighted by Gasteiger charge is -2.44. The Balaban J connectivity index is 2.08. The van der Waals surface area contributed by atoms with Gasteiger partial charge in [0, 0.05) is 18.4 Å². The Bertz CT molecular complexity index is 284.